The number of nitrogens with zero attached hydrogens (tertiary/aromatic N) is 1. The lowest BCUT2D eigenvalue weighted by Crippen LogP contribution is -2.33. The fourth-order valence-corrected chi connectivity index (χ4v) is 2.06. The highest BCUT2D eigenvalue weighted by Gasteiger charge is 2.11. The van der Waals surface area contributed by atoms with E-state index in [1.807, 2.05) is 0 Å². The third-order valence-electron chi connectivity index (χ3n) is 2.43. The summed E-state index contributed by atoms with van der Waals surface area (Å²) in [5.74, 6) is 1.64. The van der Waals surface area contributed by atoms with Crippen molar-refractivity contribution in [2.24, 2.45) is 5.92 Å². The Morgan fingerprint density at radius 3 is 2.36 bits per heavy atom. The first-order chi connectivity index (χ1) is 6.78. The van der Waals surface area contributed by atoms with Crippen LogP contribution in [0.25, 0.3) is 0 Å². The van der Waals surface area contributed by atoms with Crippen LogP contribution in [-0.2, 0) is 0 Å². The maximum absolute atomic E-state index is 8.92. The molecular formula is C11H25NOS. The van der Waals surface area contributed by atoms with Crippen molar-refractivity contribution >= 4 is 12.6 Å². The summed E-state index contributed by atoms with van der Waals surface area (Å²) in [6.45, 7) is 7.65. The molecule has 0 aliphatic heterocycles. The van der Waals surface area contributed by atoms with Crippen LogP contribution < -0.4 is 0 Å². The summed E-state index contributed by atoms with van der Waals surface area (Å²) >= 11 is 4.37. The van der Waals surface area contributed by atoms with Crippen LogP contribution >= 0.6 is 12.6 Å². The summed E-state index contributed by atoms with van der Waals surface area (Å²) in [4.78, 5) is 2.34. The van der Waals surface area contributed by atoms with Crippen LogP contribution in [-0.4, -0.2) is 42.0 Å². The Balaban J connectivity index is 3.83. The average Bonchev–Trinajstić information content (AvgIpc) is 2.18. The van der Waals surface area contributed by atoms with Crippen LogP contribution in [0.5, 0.6) is 0 Å². The Hall–Kier alpha value is 0.270. The SMILES string of the molecule is CCCC(CS)CN(CCC)CCO. The third kappa shape index (κ3) is 6.68. The molecule has 0 aromatic carbocycles. The number of aliphatic hydroxyl groups excluding tert-OH is 1. The maximum atomic E-state index is 8.92. The minimum absolute atomic E-state index is 0.269. The lowest BCUT2D eigenvalue weighted by Gasteiger charge is -2.25. The van der Waals surface area contributed by atoms with E-state index in [0.29, 0.717) is 5.92 Å². The molecule has 0 aliphatic rings. The normalized spacial score (nSPS) is 13.5. The smallest absolute Gasteiger partial charge is 0.0558 e. The van der Waals surface area contributed by atoms with Crippen LogP contribution in [0.2, 0.25) is 0 Å². The van der Waals surface area contributed by atoms with Gasteiger partial charge in [-0.15, -0.1) is 0 Å². The molecule has 2 nitrogen and oxygen atoms in total. The molecule has 0 heterocycles. The van der Waals surface area contributed by atoms with Gasteiger partial charge in [0, 0.05) is 13.1 Å². The quantitative estimate of drug-likeness (QED) is 0.580. The van der Waals surface area contributed by atoms with E-state index < -0.39 is 0 Å². The molecule has 1 unspecified atom stereocenters. The standard InChI is InChI=1S/C11H25NOS/c1-3-5-11(10-14)9-12(6-4-2)7-8-13/h11,13-14H,3-10H2,1-2H3. The highest BCUT2D eigenvalue weighted by atomic mass is 32.1. The lowest BCUT2D eigenvalue weighted by atomic mass is 10.1. The van der Waals surface area contributed by atoms with Crippen LogP contribution in [0.1, 0.15) is 33.1 Å². The van der Waals surface area contributed by atoms with E-state index >= 15 is 0 Å². The summed E-state index contributed by atoms with van der Waals surface area (Å²) in [6, 6.07) is 0. The van der Waals surface area contributed by atoms with Crippen molar-refractivity contribution in [1.82, 2.24) is 4.90 Å². The van der Waals surface area contributed by atoms with Gasteiger partial charge in [-0.3, -0.25) is 0 Å². The molecule has 0 radical (unpaired) electrons. The molecule has 0 aromatic heterocycles. The number of hydrogen-bond acceptors (Lipinski definition) is 3. The third-order valence-corrected chi connectivity index (χ3v) is 2.94. The van der Waals surface area contributed by atoms with Gasteiger partial charge in [0.15, 0.2) is 0 Å². The van der Waals surface area contributed by atoms with E-state index in [2.05, 4.69) is 31.4 Å². The van der Waals surface area contributed by atoms with Gasteiger partial charge in [0.05, 0.1) is 6.61 Å². The van der Waals surface area contributed by atoms with Crippen molar-refractivity contribution in [3.63, 3.8) is 0 Å². The van der Waals surface area contributed by atoms with Gasteiger partial charge in [0.1, 0.15) is 0 Å². The average molecular weight is 219 g/mol. The van der Waals surface area contributed by atoms with E-state index in [9.17, 15) is 0 Å². The Morgan fingerprint density at radius 2 is 1.93 bits per heavy atom. The fraction of sp³-hybridized carbons (Fsp3) is 1.00. The Bertz CT molecular complexity index is 116. The zero-order valence-electron chi connectivity index (χ0n) is 9.58. The van der Waals surface area contributed by atoms with Crippen LogP contribution in [0, 0.1) is 5.92 Å². The topological polar surface area (TPSA) is 23.5 Å². The predicted octanol–water partition coefficient (Wildman–Crippen LogP) is 2.04. The van der Waals surface area contributed by atoms with Crippen LogP contribution in [0.15, 0.2) is 0 Å². The molecular weight excluding hydrogens is 194 g/mol. The minimum atomic E-state index is 0.269. The Morgan fingerprint density at radius 1 is 1.21 bits per heavy atom. The molecule has 0 rings (SSSR count). The zero-order chi connectivity index (χ0) is 10.8. The van der Waals surface area contributed by atoms with Crippen molar-refractivity contribution in [3.05, 3.63) is 0 Å². The van der Waals surface area contributed by atoms with E-state index in [1.54, 1.807) is 0 Å². The van der Waals surface area contributed by atoms with Crippen molar-refractivity contribution in [3.8, 4) is 0 Å². The maximum Gasteiger partial charge on any atom is 0.0558 e. The molecule has 0 saturated heterocycles. The molecule has 1 atom stereocenters. The zero-order valence-corrected chi connectivity index (χ0v) is 10.5. The van der Waals surface area contributed by atoms with Gasteiger partial charge in [-0.05, 0) is 31.1 Å². The van der Waals surface area contributed by atoms with Crippen LogP contribution in [0.3, 0.4) is 0 Å². The molecule has 0 saturated carbocycles. The summed E-state index contributed by atoms with van der Waals surface area (Å²) in [5.41, 5.74) is 0. The summed E-state index contributed by atoms with van der Waals surface area (Å²) < 4.78 is 0. The molecule has 0 bridgehead atoms. The number of aliphatic hydroxyl groups is 1. The second-order valence-electron chi connectivity index (χ2n) is 3.86. The van der Waals surface area contributed by atoms with Crippen molar-refractivity contribution in [2.45, 2.75) is 33.1 Å². The second kappa shape index (κ2) is 9.81. The number of thiol groups is 1. The Kier molecular flexibility index (Phi) is 10.0. The summed E-state index contributed by atoms with van der Waals surface area (Å²) in [5, 5.41) is 8.92. The van der Waals surface area contributed by atoms with E-state index in [1.165, 1.54) is 12.8 Å². The van der Waals surface area contributed by atoms with E-state index in [4.69, 9.17) is 5.11 Å². The predicted molar refractivity (Wildman–Crippen MR) is 66.1 cm³/mol. The largest absolute Gasteiger partial charge is 0.395 e. The molecule has 86 valence electrons. The van der Waals surface area contributed by atoms with E-state index in [0.717, 1.165) is 31.8 Å². The van der Waals surface area contributed by atoms with Crippen molar-refractivity contribution in [2.75, 3.05) is 32.0 Å². The van der Waals surface area contributed by atoms with Gasteiger partial charge >= 0.3 is 0 Å². The summed E-state index contributed by atoms with van der Waals surface area (Å²) in [6.07, 6.45) is 3.63. The first kappa shape index (κ1) is 14.3. The van der Waals surface area contributed by atoms with Gasteiger partial charge < -0.3 is 10.0 Å². The lowest BCUT2D eigenvalue weighted by molar-refractivity contribution is 0.177. The molecule has 0 fully saturated rings. The first-order valence-corrected chi connectivity index (χ1v) is 6.35. The molecule has 0 aliphatic carbocycles. The first-order valence-electron chi connectivity index (χ1n) is 5.72. The Labute approximate surface area is 94.1 Å². The highest BCUT2D eigenvalue weighted by molar-refractivity contribution is 7.80. The van der Waals surface area contributed by atoms with Crippen molar-refractivity contribution in [1.29, 1.82) is 0 Å². The van der Waals surface area contributed by atoms with Gasteiger partial charge in [0.2, 0.25) is 0 Å². The molecule has 0 amide bonds. The highest BCUT2D eigenvalue weighted by Crippen LogP contribution is 2.10. The monoisotopic (exact) mass is 219 g/mol. The van der Waals surface area contributed by atoms with Crippen LogP contribution in [0.4, 0.5) is 0 Å². The minimum Gasteiger partial charge on any atom is -0.395 e. The van der Waals surface area contributed by atoms with Gasteiger partial charge in [-0.25, -0.2) is 0 Å². The number of rotatable bonds is 9. The van der Waals surface area contributed by atoms with Gasteiger partial charge in [0.25, 0.3) is 0 Å². The number of hydrogen-bond donors (Lipinski definition) is 2. The van der Waals surface area contributed by atoms with Gasteiger partial charge in [-0.2, -0.15) is 12.6 Å². The second-order valence-corrected chi connectivity index (χ2v) is 4.23. The fourth-order valence-electron chi connectivity index (χ4n) is 1.77. The van der Waals surface area contributed by atoms with E-state index in [-0.39, 0.29) is 6.61 Å². The van der Waals surface area contributed by atoms with Crippen molar-refractivity contribution < 1.29 is 5.11 Å². The molecule has 1 N–H and O–H groups in total. The molecule has 14 heavy (non-hydrogen) atoms. The summed E-state index contributed by atoms with van der Waals surface area (Å²) in [7, 11) is 0. The molecule has 0 aromatic rings. The molecule has 0 spiro atoms. The van der Waals surface area contributed by atoms with Gasteiger partial charge in [-0.1, -0.05) is 20.3 Å². The molecule has 3 heteroatoms.